The van der Waals surface area contributed by atoms with Crippen molar-refractivity contribution in [2.24, 2.45) is 0 Å². The van der Waals surface area contributed by atoms with Crippen molar-refractivity contribution in [1.29, 1.82) is 0 Å². The number of esters is 1. The highest BCUT2D eigenvalue weighted by Crippen LogP contribution is 2.19. The van der Waals surface area contributed by atoms with Crippen LogP contribution in [-0.2, 0) is 4.74 Å². The molecule has 0 bridgehead atoms. The highest BCUT2D eigenvalue weighted by atomic mass is 19.4. The summed E-state index contributed by atoms with van der Waals surface area (Å²) in [6, 6.07) is 2.57. The Morgan fingerprint density at radius 1 is 1.27 bits per heavy atom. The van der Waals surface area contributed by atoms with Gasteiger partial charge in [-0.3, -0.25) is 14.9 Å². The van der Waals surface area contributed by atoms with Gasteiger partial charge in [-0.1, -0.05) is 0 Å². The van der Waals surface area contributed by atoms with Crippen LogP contribution in [0.3, 0.4) is 0 Å². The lowest BCUT2D eigenvalue weighted by Gasteiger charge is -2.09. The summed E-state index contributed by atoms with van der Waals surface area (Å²) in [5, 5.41) is 12.3. The summed E-state index contributed by atoms with van der Waals surface area (Å²) in [5.41, 5.74) is -1.35. The van der Waals surface area contributed by atoms with Crippen molar-refractivity contribution in [3.05, 3.63) is 39.4 Å². The molecule has 7 nitrogen and oxygen atoms in total. The maximum Gasteiger partial charge on any atom is 0.405 e. The Kier molecular flexibility index (Phi) is 5.44. The molecule has 0 aromatic heterocycles. The molecule has 0 aliphatic rings. The molecule has 22 heavy (non-hydrogen) atoms. The van der Waals surface area contributed by atoms with Crippen LogP contribution >= 0.6 is 0 Å². The van der Waals surface area contributed by atoms with Crippen molar-refractivity contribution in [3.63, 3.8) is 0 Å². The van der Waals surface area contributed by atoms with Crippen LogP contribution in [0.1, 0.15) is 27.6 Å². The average Bonchev–Trinajstić information content (AvgIpc) is 2.43. The Bertz CT molecular complexity index is 601. The van der Waals surface area contributed by atoms with Gasteiger partial charge in [-0.15, -0.1) is 0 Å². The molecule has 0 heterocycles. The summed E-state index contributed by atoms with van der Waals surface area (Å²) >= 11 is 0. The average molecular weight is 320 g/mol. The van der Waals surface area contributed by atoms with Crippen molar-refractivity contribution in [2.45, 2.75) is 13.1 Å². The number of alkyl halides is 3. The quantitative estimate of drug-likeness (QED) is 0.509. The zero-order chi connectivity index (χ0) is 16.9. The number of nitrogens with one attached hydrogen (secondary N) is 1. The van der Waals surface area contributed by atoms with Gasteiger partial charge in [0, 0.05) is 17.7 Å². The van der Waals surface area contributed by atoms with E-state index in [-0.39, 0.29) is 12.2 Å². The Morgan fingerprint density at radius 3 is 2.36 bits per heavy atom. The molecule has 0 aliphatic heterocycles. The molecular weight excluding hydrogens is 309 g/mol. The first kappa shape index (κ1) is 17.4. The van der Waals surface area contributed by atoms with Crippen molar-refractivity contribution in [2.75, 3.05) is 13.2 Å². The number of hydrogen-bond acceptors (Lipinski definition) is 5. The number of nitro benzene ring substituents is 1. The van der Waals surface area contributed by atoms with Gasteiger partial charge in [0.15, 0.2) is 0 Å². The fourth-order valence-electron chi connectivity index (χ4n) is 1.46. The fraction of sp³-hybridized carbons (Fsp3) is 0.333. The van der Waals surface area contributed by atoms with Gasteiger partial charge in [0.25, 0.3) is 11.6 Å². The van der Waals surface area contributed by atoms with Crippen LogP contribution < -0.4 is 5.32 Å². The Morgan fingerprint density at radius 2 is 1.86 bits per heavy atom. The summed E-state index contributed by atoms with van der Waals surface area (Å²) in [6.07, 6.45) is -4.62. The number of nitrogens with zero attached hydrogens (tertiary/aromatic N) is 1. The van der Waals surface area contributed by atoms with E-state index < -0.39 is 40.8 Å². The predicted octanol–water partition coefficient (Wildman–Crippen LogP) is 2.06. The van der Waals surface area contributed by atoms with Gasteiger partial charge in [0.1, 0.15) is 6.54 Å². The highest BCUT2D eigenvalue weighted by Gasteiger charge is 2.28. The number of amides is 1. The van der Waals surface area contributed by atoms with E-state index in [0.717, 1.165) is 18.2 Å². The minimum atomic E-state index is -4.62. The third-order valence-corrected chi connectivity index (χ3v) is 2.35. The Balaban J connectivity index is 3.10. The van der Waals surface area contributed by atoms with Gasteiger partial charge in [0.2, 0.25) is 0 Å². The molecule has 1 N–H and O–H groups in total. The number of benzene rings is 1. The van der Waals surface area contributed by atoms with E-state index in [9.17, 15) is 32.9 Å². The molecule has 0 radical (unpaired) electrons. The van der Waals surface area contributed by atoms with Crippen LogP contribution in [0.5, 0.6) is 0 Å². The lowest BCUT2D eigenvalue weighted by molar-refractivity contribution is -0.384. The first-order valence-electron chi connectivity index (χ1n) is 5.95. The van der Waals surface area contributed by atoms with Gasteiger partial charge in [-0.25, -0.2) is 4.79 Å². The molecule has 10 heteroatoms. The standard InChI is InChI=1S/C12H11F3N2O5/c1-2-22-11(19)8-3-7(4-9(5-8)17(20)21)10(18)16-6-12(13,14)15/h3-5H,2,6H2,1H3,(H,16,18). The first-order valence-corrected chi connectivity index (χ1v) is 5.95. The minimum absolute atomic E-state index is 0.00285. The lowest BCUT2D eigenvalue weighted by Crippen LogP contribution is -2.33. The van der Waals surface area contributed by atoms with Crippen molar-refractivity contribution in [1.82, 2.24) is 5.32 Å². The largest absolute Gasteiger partial charge is 0.462 e. The summed E-state index contributed by atoms with van der Waals surface area (Å²) in [6.45, 7) is -0.0907. The van der Waals surface area contributed by atoms with Crippen LogP contribution in [0.4, 0.5) is 18.9 Å². The number of nitro groups is 1. The Hall–Kier alpha value is -2.65. The molecule has 0 fully saturated rings. The van der Waals surface area contributed by atoms with E-state index in [4.69, 9.17) is 0 Å². The Labute approximate surface area is 122 Å². The number of non-ortho nitro benzene ring substituents is 1. The second-order valence-electron chi connectivity index (χ2n) is 4.04. The number of carbonyl (C=O) groups excluding carboxylic acids is 2. The van der Waals surface area contributed by atoms with E-state index in [1.807, 2.05) is 0 Å². The van der Waals surface area contributed by atoms with Crippen LogP contribution in [0.25, 0.3) is 0 Å². The lowest BCUT2D eigenvalue weighted by atomic mass is 10.1. The zero-order valence-corrected chi connectivity index (χ0v) is 11.3. The topological polar surface area (TPSA) is 98.5 Å². The monoisotopic (exact) mass is 320 g/mol. The van der Waals surface area contributed by atoms with Crippen LogP contribution in [-0.4, -0.2) is 36.1 Å². The second kappa shape index (κ2) is 6.87. The predicted molar refractivity (Wildman–Crippen MR) is 67.4 cm³/mol. The van der Waals surface area contributed by atoms with E-state index in [1.165, 1.54) is 6.92 Å². The molecule has 120 valence electrons. The summed E-state index contributed by atoms with van der Waals surface area (Å²) in [4.78, 5) is 33.1. The van der Waals surface area contributed by atoms with E-state index in [0.29, 0.717) is 0 Å². The molecule has 0 saturated carbocycles. The normalized spacial score (nSPS) is 10.9. The molecule has 0 atom stereocenters. The maximum atomic E-state index is 12.1. The molecule has 0 unspecified atom stereocenters. The number of hydrogen-bond donors (Lipinski definition) is 1. The van der Waals surface area contributed by atoms with Gasteiger partial charge >= 0.3 is 12.1 Å². The number of halogens is 3. The van der Waals surface area contributed by atoms with Gasteiger partial charge < -0.3 is 10.1 Å². The van der Waals surface area contributed by atoms with Crippen LogP contribution in [0, 0.1) is 10.1 Å². The molecule has 0 spiro atoms. The molecule has 1 amide bonds. The first-order chi connectivity index (χ1) is 10.1. The molecule has 1 aromatic carbocycles. The molecule has 0 aliphatic carbocycles. The third kappa shape index (κ3) is 5.04. The number of rotatable bonds is 5. The van der Waals surface area contributed by atoms with Crippen molar-refractivity contribution < 1.29 is 32.4 Å². The molecule has 0 saturated heterocycles. The van der Waals surface area contributed by atoms with Crippen LogP contribution in [0.2, 0.25) is 0 Å². The number of carbonyl (C=O) groups is 2. The summed E-state index contributed by atoms with van der Waals surface area (Å²) in [5.74, 6) is -2.11. The van der Waals surface area contributed by atoms with Crippen molar-refractivity contribution in [3.8, 4) is 0 Å². The minimum Gasteiger partial charge on any atom is -0.462 e. The molecule has 1 rings (SSSR count). The molecule has 1 aromatic rings. The number of ether oxygens (including phenoxy) is 1. The van der Waals surface area contributed by atoms with E-state index >= 15 is 0 Å². The highest BCUT2D eigenvalue weighted by molar-refractivity contribution is 5.99. The van der Waals surface area contributed by atoms with Gasteiger partial charge in [-0.2, -0.15) is 13.2 Å². The van der Waals surface area contributed by atoms with Crippen molar-refractivity contribution >= 4 is 17.6 Å². The maximum absolute atomic E-state index is 12.1. The fourth-order valence-corrected chi connectivity index (χ4v) is 1.46. The SMILES string of the molecule is CCOC(=O)c1cc(C(=O)NCC(F)(F)F)cc([N+](=O)[O-])c1. The second-order valence-corrected chi connectivity index (χ2v) is 4.04. The smallest absolute Gasteiger partial charge is 0.405 e. The third-order valence-electron chi connectivity index (χ3n) is 2.35. The molecular formula is C12H11F3N2O5. The van der Waals surface area contributed by atoms with Gasteiger partial charge in [-0.05, 0) is 13.0 Å². The van der Waals surface area contributed by atoms with E-state index in [1.54, 1.807) is 5.32 Å². The van der Waals surface area contributed by atoms with E-state index in [2.05, 4.69) is 4.74 Å². The zero-order valence-electron chi connectivity index (χ0n) is 11.3. The van der Waals surface area contributed by atoms with Gasteiger partial charge in [0.05, 0.1) is 17.1 Å². The summed E-state index contributed by atoms with van der Waals surface area (Å²) in [7, 11) is 0. The van der Waals surface area contributed by atoms with Crippen LogP contribution in [0.15, 0.2) is 18.2 Å². The summed E-state index contributed by atoms with van der Waals surface area (Å²) < 4.78 is 40.8.